The molecule has 0 saturated carbocycles. The van der Waals surface area contributed by atoms with Crippen LogP contribution >= 0.6 is 12.2 Å². The van der Waals surface area contributed by atoms with Crippen molar-refractivity contribution in [3.8, 4) is 0 Å². The van der Waals surface area contributed by atoms with Crippen molar-refractivity contribution in [3.05, 3.63) is 29.6 Å². The Morgan fingerprint density at radius 1 is 1.31 bits per heavy atom. The minimum absolute atomic E-state index is 0.0550. The van der Waals surface area contributed by atoms with Crippen LogP contribution in [0.2, 0.25) is 0 Å². The second-order valence-corrected chi connectivity index (χ2v) is 3.47. The lowest BCUT2D eigenvalue weighted by atomic mass is 10.2. The van der Waals surface area contributed by atoms with E-state index in [4.69, 9.17) is 5.73 Å². The third-order valence-electron chi connectivity index (χ3n) is 1.60. The summed E-state index contributed by atoms with van der Waals surface area (Å²) in [5, 5.41) is 2.13. The van der Waals surface area contributed by atoms with Crippen molar-refractivity contribution < 1.29 is 18.0 Å². The van der Waals surface area contributed by atoms with E-state index < -0.39 is 23.4 Å². The monoisotopic (exact) mass is 248 g/mol. The highest BCUT2D eigenvalue weighted by Crippen LogP contribution is 2.17. The summed E-state index contributed by atoms with van der Waals surface area (Å²) in [7, 11) is 0. The van der Waals surface area contributed by atoms with Gasteiger partial charge >= 0.3 is 0 Å². The predicted molar refractivity (Wildman–Crippen MR) is 56.3 cm³/mol. The standard InChI is InChI=1S/C9H7F3N2OS/c10-5-1-4(2-6(11)9(5)12)14-8(15)3-7(13)16/h1-2H,3H2,(H2,13,16)(H,14,15). The van der Waals surface area contributed by atoms with E-state index >= 15 is 0 Å². The highest BCUT2D eigenvalue weighted by atomic mass is 32.1. The third kappa shape index (κ3) is 3.20. The first-order valence-electron chi connectivity index (χ1n) is 4.13. The number of nitrogens with two attached hydrogens (primary N) is 1. The molecule has 0 bridgehead atoms. The van der Waals surface area contributed by atoms with E-state index in [0.29, 0.717) is 12.1 Å². The lowest BCUT2D eigenvalue weighted by Gasteiger charge is -2.05. The van der Waals surface area contributed by atoms with Crippen molar-refractivity contribution in [1.82, 2.24) is 0 Å². The van der Waals surface area contributed by atoms with Crippen LogP contribution in [-0.4, -0.2) is 10.9 Å². The molecule has 0 radical (unpaired) electrons. The highest BCUT2D eigenvalue weighted by Gasteiger charge is 2.12. The SMILES string of the molecule is NC(=S)CC(=O)Nc1cc(F)c(F)c(F)c1. The largest absolute Gasteiger partial charge is 0.393 e. The van der Waals surface area contributed by atoms with Gasteiger partial charge in [-0.15, -0.1) is 0 Å². The van der Waals surface area contributed by atoms with Gasteiger partial charge in [-0.25, -0.2) is 13.2 Å². The quantitative estimate of drug-likeness (QED) is 0.632. The van der Waals surface area contributed by atoms with E-state index in [0.717, 1.165) is 0 Å². The fourth-order valence-corrected chi connectivity index (χ4v) is 1.12. The first-order chi connectivity index (χ1) is 7.40. The zero-order valence-corrected chi connectivity index (χ0v) is 8.71. The summed E-state index contributed by atoms with van der Waals surface area (Å²) >= 11 is 4.47. The molecule has 0 spiro atoms. The van der Waals surface area contributed by atoms with Crippen molar-refractivity contribution in [2.75, 3.05) is 5.32 Å². The molecule has 86 valence electrons. The van der Waals surface area contributed by atoms with Gasteiger partial charge in [-0.1, -0.05) is 12.2 Å². The van der Waals surface area contributed by atoms with Crippen molar-refractivity contribution in [2.24, 2.45) is 5.73 Å². The molecule has 0 atom stereocenters. The van der Waals surface area contributed by atoms with E-state index in [2.05, 4.69) is 17.5 Å². The molecule has 0 aliphatic carbocycles. The molecule has 16 heavy (non-hydrogen) atoms. The first kappa shape index (κ1) is 12.4. The second kappa shape index (κ2) is 4.93. The summed E-state index contributed by atoms with van der Waals surface area (Å²) in [6, 6.07) is 1.33. The number of nitrogens with one attached hydrogen (secondary N) is 1. The molecule has 7 heteroatoms. The summed E-state index contributed by atoms with van der Waals surface area (Å²) in [6.07, 6.45) is -0.254. The Bertz CT molecular complexity index is 427. The van der Waals surface area contributed by atoms with Crippen LogP contribution in [0.15, 0.2) is 12.1 Å². The molecule has 0 saturated heterocycles. The van der Waals surface area contributed by atoms with Crippen LogP contribution in [0.3, 0.4) is 0 Å². The maximum Gasteiger partial charge on any atom is 0.231 e. The second-order valence-electron chi connectivity index (χ2n) is 2.95. The minimum atomic E-state index is -1.59. The molecule has 1 aromatic carbocycles. The van der Waals surface area contributed by atoms with Gasteiger partial charge in [0.25, 0.3) is 0 Å². The van der Waals surface area contributed by atoms with Crippen LogP contribution < -0.4 is 11.1 Å². The summed E-state index contributed by atoms with van der Waals surface area (Å²) in [5.41, 5.74) is 4.90. The molecule has 1 aromatic rings. The van der Waals surface area contributed by atoms with Crippen molar-refractivity contribution in [1.29, 1.82) is 0 Å². The van der Waals surface area contributed by atoms with Crippen molar-refractivity contribution in [2.45, 2.75) is 6.42 Å². The Kier molecular flexibility index (Phi) is 3.83. The van der Waals surface area contributed by atoms with E-state index in [9.17, 15) is 18.0 Å². The number of anilines is 1. The van der Waals surface area contributed by atoms with Gasteiger partial charge in [0, 0.05) is 17.8 Å². The Balaban J connectivity index is 2.82. The lowest BCUT2D eigenvalue weighted by Crippen LogP contribution is -2.20. The number of amides is 1. The molecular weight excluding hydrogens is 241 g/mol. The number of thiocarbonyl (C=S) groups is 1. The molecule has 1 amide bonds. The molecule has 0 aromatic heterocycles. The van der Waals surface area contributed by atoms with Crippen molar-refractivity contribution >= 4 is 28.8 Å². The third-order valence-corrected chi connectivity index (χ3v) is 1.75. The molecule has 0 heterocycles. The van der Waals surface area contributed by atoms with Gasteiger partial charge in [0.05, 0.1) is 11.4 Å². The molecule has 0 aliphatic rings. The number of halogens is 3. The first-order valence-corrected chi connectivity index (χ1v) is 4.53. The van der Waals surface area contributed by atoms with Gasteiger partial charge in [-0.3, -0.25) is 4.79 Å². The predicted octanol–water partition coefficient (Wildman–Crippen LogP) is 1.72. The molecule has 0 unspecified atom stereocenters. The summed E-state index contributed by atoms with van der Waals surface area (Å²) in [4.78, 5) is 11.1. The maximum absolute atomic E-state index is 12.7. The minimum Gasteiger partial charge on any atom is -0.393 e. The molecule has 0 fully saturated rings. The van der Waals surface area contributed by atoms with E-state index in [-0.39, 0.29) is 17.1 Å². The number of rotatable bonds is 3. The molecule has 1 rings (SSSR count). The van der Waals surface area contributed by atoms with E-state index in [1.165, 1.54) is 0 Å². The fraction of sp³-hybridized carbons (Fsp3) is 0.111. The topological polar surface area (TPSA) is 55.1 Å². The normalized spacial score (nSPS) is 9.94. The summed E-state index contributed by atoms with van der Waals surface area (Å²) < 4.78 is 38.0. The van der Waals surface area contributed by atoms with Crippen LogP contribution in [0.1, 0.15) is 6.42 Å². The zero-order valence-electron chi connectivity index (χ0n) is 7.89. The number of hydrogen-bond acceptors (Lipinski definition) is 2. The van der Waals surface area contributed by atoms with Crippen LogP contribution in [-0.2, 0) is 4.79 Å². The van der Waals surface area contributed by atoms with E-state index in [1.54, 1.807) is 0 Å². The van der Waals surface area contributed by atoms with Gasteiger partial charge in [0.2, 0.25) is 5.91 Å². The average molecular weight is 248 g/mol. The maximum atomic E-state index is 12.7. The smallest absolute Gasteiger partial charge is 0.231 e. The van der Waals surface area contributed by atoms with E-state index in [1.807, 2.05) is 0 Å². The summed E-state index contributed by atoms with van der Waals surface area (Å²) in [6.45, 7) is 0. The lowest BCUT2D eigenvalue weighted by molar-refractivity contribution is -0.115. The number of carbonyl (C=O) groups excluding carboxylic acids is 1. The Hall–Kier alpha value is -1.63. The highest BCUT2D eigenvalue weighted by molar-refractivity contribution is 7.80. The van der Waals surface area contributed by atoms with Gasteiger partial charge in [0.15, 0.2) is 17.5 Å². The van der Waals surface area contributed by atoms with Gasteiger partial charge in [-0.05, 0) is 0 Å². The Morgan fingerprint density at radius 3 is 2.25 bits per heavy atom. The van der Waals surface area contributed by atoms with Gasteiger partial charge < -0.3 is 11.1 Å². The van der Waals surface area contributed by atoms with Gasteiger partial charge in [-0.2, -0.15) is 0 Å². The molecule has 3 N–H and O–H groups in total. The molecule has 3 nitrogen and oxygen atoms in total. The summed E-state index contributed by atoms with van der Waals surface area (Å²) in [5.74, 6) is -4.98. The number of hydrogen-bond donors (Lipinski definition) is 2. The van der Waals surface area contributed by atoms with Crippen LogP contribution in [0.4, 0.5) is 18.9 Å². The van der Waals surface area contributed by atoms with Gasteiger partial charge in [0.1, 0.15) is 0 Å². The molecular formula is C9H7F3N2OS. The van der Waals surface area contributed by atoms with Crippen LogP contribution in [0, 0.1) is 17.5 Å². The van der Waals surface area contributed by atoms with Crippen LogP contribution in [0.5, 0.6) is 0 Å². The zero-order chi connectivity index (χ0) is 12.3. The Labute approximate surface area is 94.4 Å². The average Bonchev–Trinajstić information content (AvgIpc) is 2.12. The van der Waals surface area contributed by atoms with Crippen molar-refractivity contribution in [3.63, 3.8) is 0 Å². The number of benzene rings is 1. The molecule has 0 aliphatic heterocycles. The fourth-order valence-electron chi connectivity index (χ4n) is 0.991. The van der Waals surface area contributed by atoms with Crippen LogP contribution in [0.25, 0.3) is 0 Å². The Morgan fingerprint density at radius 2 is 1.81 bits per heavy atom. The number of carbonyl (C=O) groups is 1.